The third kappa shape index (κ3) is 4.85. The number of unbranched alkanes of at least 4 members (excludes halogenated alkanes) is 1. The monoisotopic (exact) mass is 352 g/mol. The number of ether oxygens (including phenoxy) is 3. The first-order valence-corrected chi connectivity index (χ1v) is 8.95. The SMILES string of the molecule is CC(C)Oc1ccccc1OCCCCOc1ncnc2ccccc12. The highest BCUT2D eigenvalue weighted by molar-refractivity contribution is 5.82. The molecule has 0 amide bonds. The van der Waals surface area contributed by atoms with Crippen molar-refractivity contribution in [1.82, 2.24) is 9.97 Å². The molecule has 0 aliphatic rings. The Balaban J connectivity index is 1.44. The molecule has 0 N–H and O–H groups in total. The Morgan fingerprint density at radius 2 is 1.50 bits per heavy atom. The average molecular weight is 352 g/mol. The van der Waals surface area contributed by atoms with Crippen LogP contribution < -0.4 is 14.2 Å². The summed E-state index contributed by atoms with van der Waals surface area (Å²) in [6.07, 6.45) is 3.42. The van der Waals surface area contributed by atoms with E-state index in [1.54, 1.807) is 0 Å². The van der Waals surface area contributed by atoms with Crippen molar-refractivity contribution in [1.29, 1.82) is 0 Å². The predicted octanol–water partition coefficient (Wildman–Crippen LogP) is 4.66. The highest BCUT2D eigenvalue weighted by Crippen LogP contribution is 2.27. The number of rotatable bonds is 9. The number of aromatic nitrogens is 2. The van der Waals surface area contributed by atoms with E-state index in [0.29, 0.717) is 19.1 Å². The van der Waals surface area contributed by atoms with Crippen molar-refractivity contribution in [2.45, 2.75) is 32.8 Å². The molecule has 0 fully saturated rings. The lowest BCUT2D eigenvalue weighted by atomic mass is 10.2. The molecule has 0 saturated carbocycles. The molecule has 0 atom stereocenters. The summed E-state index contributed by atoms with van der Waals surface area (Å²) in [4.78, 5) is 8.47. The molecule has 0 saturated heterocycles. The van der Waals surface area contributed by atoms with Gasteiger partial charge < -0.3 is 14.2 Å². The number of para-hydroxylation sites is 3. The molecule has 3 aromatic rings. The summed E-state index contributed by atoms with van der Waals surface area (Å²) < 4.78 is 17.4. The number of nitrogens with zero attached hydrogens (tertiary/aromatic N) is 2. The minimum absolute atomic E-state index is 0.121. The lowest BCUT2D eigenvalue weighted by molar-refractivity contribution is 0.216. The second-order valence-corrected chi connectivity index (χ2v) is 6.21. The fourth-order valence-corrected chi connectivity index (χ4v) is 2.57. The predicted molar refractivity (Wildman–Crippen MR) is 102 cm³/mol. The summed E-state index contributed by atoms with van der Waals surface area (Å²) >= 11 is 0. The van der Waals surface area contributed by atoms with Crippen LogP contribution >= 0.6 is 0 Å². The number of hydrogen-bond donors (Lipinski definition) is 0. The molecule has 136 valence electrons. The Morgan fingerprint density at radius 3 is 2.31 bits per heavy atom. The molecule has 5 nitrogen and oxygen atoms in total. The lowest BCUT2D eigenvalue weighted by Gasteiger charge is -2.14. The molecule has 0 bridgehead atoms. The zero-order chi connectivity index (χ0) is 18.2. The fraction of sp³-hybridized carbons (Fsp3) is 0.333. The van der Waals surface area contributed by atoms with Crippen LogP contribution in [0.15, 0.2) is 54.9 Å². The van der Waals surface area contributed by atoms with Crippen LogP contribution in [0.5, 0.6) is 17.4 Å². The molecule has 0 aliphatic carbocycles. The molecular formula is C21H24N2O3. The third-order valence-electron chi connectivity index (χ3n) is 3.75. The minimum atomic E-state index is 0.121. The number of fused-ring (bicyclic) bond motifs is 1. The maximum Gasteiger partial charge on any atom is 0.224 e. The van der Waals surface area contributed by atoms with Crippen LogP contribution in [-0.4, -0.2) is 29.3 Å². The minimum Gasteiger partial charge on any atom is -0.490 e. The summed E-state index contributed by atoms with van der Waals surface area (Å²) in [5, 5.41) is 0.936. The molecule has 1 aromatic heterocycles. The van der Waals surface area contributed by atoms with Gasteiger partial charge in [0.2, 0.25) is 5.88 Å². The third-order valence-corrected chi connectivity index (χ3v) is 3.75. The van der Waals surface area contributed by atoms with E-state index in [9.17, 15) is 0 Å². The van der Waals surface area contributed by atoms with Crippen LogP contribution in [0.2, 0.25) is 0 Å². The summed E-state index contributed by atoms with van der Waals surface area (Å²) in [7, 11) is 0. The first-order valence-electron chi connectivity index (χ1n) is 8.95. The first kappa shape index (κ1) is 18.0. The normalized spacial score (nSPS) is 10.9. The van der Waals surface area contributed by atoms with Gasteiger partial charge in [0.05, 0.1) is 30.2 Å². The van der Waals surface area contributed by atoms with E-state index in [4.69, 9.17) is 14.2 Å². The molecule has 0 spiro atoms. The van der Waals surface area contributed by atoms with Crippen LogP contribution in [0.25, 0.3) is 10.9 Å². The van der Waals surface area contributed by atoms with Gasteiger partial charge in [-0.15, -0.1) is 0 Å². The van der Waals surface area contributed by atoms with Crippen molar-refractivity contribution < 1.29 is 14.2 Å². The molecule has 0 aliphatic heterocycles. The maximum absolute atomic E-state index is 5.85. The van der Waals surface area contributed by atoms with Gasteiger partial charge in [0.15, 0.2) is 11.5 Å². The van der Waals surface area contributed by atoms with Gasteiger partial charge in [-0.1, -0.05) is 24.3 Å². The second-order valence-electron chi connectivity index (χ2n) is 6.21. The topological polar surface area (TPSA) is 53.5 Å². The van der Waals surface area contributed by atoms with Gasteiger partial charge in [-0.2, -0.15) is 0 Å². The van der Waals surface area contributed by atoms with Crippen LogP contribution in [0.1, 0.15) is 26.7 Å². The van der Waals surface area contributed by atoms with Crippen molar-refractivity contribution in [3.63, 3.8) is 0 Å². The van der Waals surface area contributed by atoms with Gasteiger partial charge in [0.1, 0.15) is 6.33 Å². The zero-order valence-corrected chi connectivity index (χ0v) is 15.2. The zero-order valence-electron chi connectivity index (χ0n) is 15.2. The largest absolute Gasteiger partial charge is 0.490 e. The van der Waals surface area contributed by atoms with E-state index in [1.807, 2.05) is 62.4 Å². The molecule has 3 rings (SSSR count). The van der Waals surface area contributed by atoms with E-state index >= 15 is 0 Å². The molecule has 5 heteroatoms. The summed E-state index contributed by atoms with van der Waals surface area (Å²) in [6, 6.07) is 15.6. The van der Waals surface area contributed by atoms with E-state index in [1.165, 1.54) is 6.33 Å². The summed E-state index contributed by atoms with van der Waals surface area (Å²) in [5.74, 6) is 2.20. The van der Waals surface area contributed by atoms with Crippen molar-refractivity contribution in [3.05, 3.63) is 54.9 Å². The van der Waals surface area contributed by atoms with Crippen LogP contribution in [0, 0.1) is 0 Å². The van der Waals surface area contributed by atoms with Gasteiger partial charge in [-0.3, -0.25) is 0 Å². The summed E-state index contributed by atoms with van der Waals surface area (Å²) in [5.41, 5.74) is 0.891. The van der Waals surface area contributed by atoms with E-state index < -0.39 is 0 Å². The Bertz CT molecular complexity index is 831. The van der Waals surface area contributed by atoms with E-state index in [-0.39, 0.29) is 6.10 Å². The average Bonchev–Trinajstić information content (AvgIpc) is 2.65. The fourth-order valence-electron chi connectivity index (χ4n) is 2.57. The van der Waals surface area contributed by atoms with Gasteiger partial charge in [0, 0.05) is 0 Å². The van der Waals surface area contributed by atoms with Crippen molar-refractivity contribution in [2.75, 3.05) is 13.2 Å². The van der Waals surface area contributed by atoms with Crippen molar-refractivity contribution in [2.24, 2.45) is 0 Å². The summed E-state index contributed by atoms with van der Waals surface area (Å²) in [6.45, 7) is 5.22. The van der Waals surface area contributed by atoms with Gasteiger partial charge in [-0.25, -0.2) is 9.97 Å². The second kappa shape index (κ2) is 9.04. The van der Waals surface area contributed by atoms with Crippen LogP contribution in [0.4, 0.5) is 0 Å². The van der Waals surface area contributed by atoms with Crippen molar-refractivity contribution >= 4 is 10.9 Å². The molecule has 0 unspecified atom stereocenters. The Hall–Kier alpha value is -2.82. The molecular weight excluding hydrogens is 328 g/mol. The molecule has 0 radical (unpaired) electrons. The number of benzene rings is 2. The van der Waals surface area contributed by atoms with E-state index in [2.05, 4.69) is 9.97 Å². The Kier molecular flexibility index (Phi) is 6.25. The standard InChI is InChI=1S/C21H24N2O3/c1-16(2)26-20-12-6-5-11-19(20)24-13-7-8-14-25-21-17-9-3-4-10-18(17)22-15-23-21/h3-6,9-12,15-16H,7-8,13-14H2,1-2H3. The molecule has 26 heavy (non-hydrogen) atoms. The quantitative estimate of drug-likeness (QED) is 0.525. The molecule has 1 heterocycles. The lowest BCUT2D eigenvalue weighted by Crippen LogP contribution is -2.08. The smallest absolute Gasteiger partial charge is 0.224 e. The van der Waals surface area contributed by atoms with Gasteiger partial charge >= 0.3 is 0 Å². The molecule has 2 aromatic carbocycles. The Morgan fingerprint density at radius 1 is 0.808 bits per heavy atom. The van der Waals surface area contributed by atoms with Gasteiger partial charge in [0.25, 0.3) is 0 Å². The van der Waals surface area contributed by atoms with Crippen LogP contribution in [-0.2, 0) is 0 Å². The van der Waals surface area contributed by atoms with Crippen LogP contribution in [0.3, 0.4) is 0 Å². The van der Waals surface area contributed by atoms with E-state index in [0.717, 1.165) is 35.2 Å². The first-order chi connectivity index (χ1) is 12.7. The highest BCUT2D eigenvalue weighted by Gasteiger charge is 2.06. The number of hydrogen-bond acceptors (Lipinski definition) is 5. The Labute approximate surface area is 154 Å². The highest BCUT2D eigenvalue weighted by atomic mass is 16.5. The van der Waals surface area contributed by atoms with Gasteiger partial charge in [-0.05, 0) is 51.0 Å². The van der Waals surface area contributed by atoms with Crippen molar-refractivity contribution in [3.8, 4) is 17.4 Å². The maximum atomic E-state index is 5.85.